The van der Waals surface area contributed by atoms with E-state index in [0.717, 1.165) is 24.5 Å². The summed E-state index contributed by atoms with van der Waals surface area (Å²) in [5, 5.41) is 0. The zero-order chi connectivity index (χ0) is 21.6. The molecule has 4 rings (SSSR count). The maximum absolute atomic E-state index is 13.1. The molecule has 0 N–H and O–H groups in total. The molecule has 1 aliphatic rings. The Bertz CT molecular complexity index is 1180. The van der Waals surface area contributed by atoms with E-state index in [-0.39, 0.29) is 11.2 Å². The SMILES string of the molecule is Cc1ccc(Cn2c(CN3C[C@@H](C)C[C@H](C)C3)nc3c2c(=O)n(C)c(=O)n3C)cc1. The van der Waals surface area contributed by atoms with Crippen molar-refractivity contribution in [3.05, 3.63) is 62.1 Å². The van der Waals surface area contributed by atoms with E-state index in [0.29, 0.717) is 36.1 Å². The third-order valence-corrected chi connectivity index (χ3v) is 6.20. The molecule has 0 aliphatic carbocycles. The molecule has 7 heteroatoms. The molecule has 7 nitrogen and oxygen atoms in total. The van der Waals surface area contributed by atoms with Crippen LogP contribution in [0.15, 0.2) is 33.9 Å². The molecule has 0 bridgehead atoms. The Kier molecular flexibility index (Phi) is 5.40. The highest BCUT2D eigenvalue weighted by Gasteiger charge is 2.25. The summed E-state index contributed by atoms with van der Waals surface area (Å²) in [6.45, 7) is 9.91. The third-order valence-electron chi connectivity index (χ3n) is 6.20. The van der Waals surface area contributed by atoms with Crippen LogP contribution < -0.4 is 11.2 Å². The molecule has 3 aromatic rings. The lowest BCUT2D eigenvalue weighted by atomic mass is 9.92. The van der Waals surface area contributed by atoms with Crippen molar-refractivity contribution in [3.8, 4) is 0 Å². The predicted molar refractivity (Wildman–Crippen MR) is 119 cm³/mol. The molecule has 1 fully saturated rings. The monoisotopic (exact) mass is 409 g/mol. The maximum atomic E-state index is 13.1. The second-order valence-corrected chi connectivity index (χ2v) is 9.12. The molecular weight excluding hydrogens is 378 g/mol. The van der Waals surface area contributed by atoms with Gasteiger partial charge < -0.3 is 4.57 Å². The summed E-state index contributed by atoms with van der Waals surface area (Å²) in [5.74, 6) is 2.12. The first-order chi connectivity index (χ1) is 14.2. The van der Waals surface area contributed by atoms with E-state index in [2.05, 4.69) is 49.9 Å². The fourth-order valence-electron chi connectivity index (χ4n) is 4.78. The smallest absolute Gasteiger partial charge is 0.317 e. The Balaban J connectivity index is 1.84. The summed E-state index contributed by atoms with van der Waals surface area (Å²) < 4.78 is 4.66. The Morgan fingerprint density at radius 2 is 1.60 bits per heavy atom. The van der Waals surface area contributed by atoms with Crippen LogP contribution in [-0.2, 0) is 27.2 Å². The van der Waals surface area contributed by atoms with E-state index in [1.807, 2.05) is 4.57 Å². The van der Waals surface area contributed by atoms with Crippen molar-refractivity contribution in [2.75, 3.05) is 13.1 Å². The molecule has 2 atom stereocenters. The molecule has 0 amide bonds. The Morgan fingerprint density at radius 3 is 2.23 bits per heavy atom. The van der Waals surface area contributed by atoms with E-state index in [4.69, 9.17) is 4.98 Å². The highest BCUT2D eigenvalue weighted by Crippen LogP contribution is 2.23. The van der Waals surface area contributed by atoms with Crippen molar-refractivity contribution in [1.82, 2.24) is 23.6 Å². The van der Waals surface area contributed by atoms with Gasteiger partial charge in [-0.3, -0.25) is 18.8 Å². The highest BCUT2D eigenvalue weighted by molar-refractivity contribution is 5.71. The summed E-state index contributed by atoms with van der Waals surface area (Å²) in [5.41, 5.74) is 2.62. The number of piperidine rings is 1. The minimum Gasteiger partial charge on any atom is -0.317 e. The number of imidazole rings is 1. The number of benzene rings is 1. The number of rotatable bonds is 4. The first-order valence-electron chi connectivity index (χ1n) is 10.7. The minimum atomic E-state index is -0.348. The Morgan fingerprint density at radius 1 is 0.967 bits per heavy atom. The Labute approximate surface area is 176 Å². The number of fused-ring (bicyclic) bond motifs is 1. The number of aryl methyl sites for hydroxylation is 2. The maximum Gasteiger partial charge on any atom is 0.332 e. The van der Waals surface area contributed by atoms with E-state index in [1.54, 1.807) is 7.05 Å². The van der Waals surface area contributed by atoms with Crippen molar-refractivity contribution >= 4 is 11.2 Å². The number of hydrogen-bond acceptors (Lipinski definition) is 4. The first kappa shape index (κ1) is 20.6. The minimum absolute atomic E-state index is 0.292. The molecule has 0 radical (unpaired) electrons. The van der Waals surface area contributed by atoms with Gasteiger partial charge in [-0.2, -0.15) is 0 Å². The van der Waals surface area contributed by atoms with Crippen molar-refractivity contribution in [1.29, 1.82) is 0 Å². The van der Waals surface area contributed by atoms with E-state index in [1.165, 1.54) is 28.2 Å². The van der Waals surface area contributed by atoms with Crippen LogP contribution in [0.1, 0.15) is 37.2 Å². The van der Waals surface area contributed by atoms with E-state index in [9.17, 15) is 9.59 Å². The molecule has 30 heavy (non-hydrogen) atoms. The van der Waals surface area contributed by atoms with Crippen LogP contribution in [0, 0.1) is 18.8 Å². The summed E-state index contributed by atoms with van der Waals surface area (Å²) in [6, 6.07) is 8.33. The lowest BCUT2D eigenvalue weighted by Gasteiger charge is -2.34. The molecular formula is C23H31N5O2. The van der Waals surface area contributed by atoms with Gasteiger partial charge in [-0.1, -0.05) is 43.7 Å². The average Bonchev–Trinajstić information content (AvgIpc) is 3.03. The van der Waals surface area contributed by atoms with Crippen LogP contribution in [0.4, 0.5) is 0 Å². The lowest BCUT2D eigenvalue weighted by molar-refractivity contribution is 0.130. The summed E-state index contributed by atoms with van der Waals surface area (Å²) >= 11 is 0. The van der Waals surface area contributed by atoms with Gasteiger partial charge in [0.15, 0.2) is 11.2 Å². The quantitative estimate of drug-likeness (QED) is 0.663. The molecule has 0 unspecified atom stereocenters. The van der Waals surface area contributed by atoms with Gasteiger partial charge in [-0.15, -0.1) is 0 Å². The van der Waals surface area contributed by atoms with Crippen LogP contribution in [-0.4, -0.2) is 36.7 Å². The third kappa shape index (κ3) is 3.74. The number of likely N-dealkylation sites (tertiary alicyclic amines) is 1. The van der Waals surface area contributed by atoms with Gasteiger partial charge in [0.05, 0.1) is 6.54 Å². The zero-order valence-corrected chi connectivity index (χ0v) is 18.6. The molecule has 1 saturated heterocycles. The van der Waals surface area contributed by atoms with Crippen LogP contribution in [0.5, 0.6) is 0 Å². The number of nitrogens with zero attached hydrogens (tertiary/aromatic N) is 5. The summed E-state index contributed by atoms with van der Waals surface area (Å²) in [4.78, 5) is 32.7. The van der Waals surface area contributed by atoms with Gasteiger partial charge in [0, 0.05) is 33.7 Å². The van der Waals surface area contributed by atoms with Gasteiger partial charge in [0.25, 0.3) is 5.56 Å². The topological polar surface area (TPSA) is 65.1 Å². The molecule has 3 heterocycles. The second-order valence-electron chi connectivity index (χ2n) is 9.12. The molecule has 1 aromatic carbocycles. The van der Waals surface area contributed by atoms with Crippen LogP contribution in [0.25, 0.3) is 11.2 Å². The standard InChI is InChI=1S/C23H31N5O2/c1-15-6-8-18(9-7-15)13-28-19(14-27-11-16(2)10-17(3)12-27)24-21-20(28)22(29)26(5)23(30)25(21)4/h6-9,16-17H,10-14H2,1-5H3/t16-,17-/m0/s1. The highest BCUT2D eigenvalue weighted by atomic mass is 16.2. The predicted octanol–water partition coefficient (Wildman–Crippen LogP) is 2.27. The number of hydrogen-bond donors (Lipinski definition) is 0. The van der Waals surface area contributed by atoms with Crippen molar-refractivity contribution in [2.24, 2.45) is 25.9 Å². The second kappa shape index (κ2) is 7.87. The number of aromatic nitrogens is 4. The molecule has 160 valence electrons. The molecule has 0 spiro atoms. The fourth-order valence-corrected chi connectivity index (χ4v) is 4.78. The van der Waals surface area contributed by atoms with E-state index >= 15 is 0 Å². The van der Waals surface area contributed by atoms with Gasteiger partial charge in [-0.05, 0) is 30.7 Å². The van der Waals surface area contributed by atoms with Crippen molar-refractivity contribution in [3.63, 3.8) is 0 Å². The Hall–Kier alpha value is -2.67. The largest absolute Gasteiger partial charge is 0.332 e. The molecule has 2 aromatic heterocycles. The molecule has 1 aliphatic heterocycles. The first-order valence-corrected chi connectivity index (χ1v) is 10.7. The van der Waals surface area contributed by atoms with Crippen LogP contribution in [0.3, 0.4) is 0 Å². The lowest BCUT2D eigenvalue weighted by Crippen LogP contribution is -2.39. The van der Waals surface area contributed by atoms with Crippen LogP contribution >= 0.6 is 0 Å². The zero-order valence-electron chi connectivity index (χ0n) is 18.6. The normalized spacial score (nSPS) is 20.2. The van der Waals surface area contributed by atoms with Gasteiger partial charge in [-0.25, -0.2) is 9.78 Å². The van der Waals surface area contributed by atoms with Gasteiger partial charge in [0.1, 0.15) is 5.82 Å². The summed E-state index contributed by atoms with van der Waals surface area (Å²) in [7, 11) is 3.21. The summed E-state index contributed by atoms with van der Waals surface area (Å²) in [6.07, 6.45) is 1.24. The van der Waals surface area contributed by atoms with E-state index < -0.39 is 0 Å². The average molecular weight is 410 g/mol. The van der Waals surface area contributed by atoms with Crippen molar-refractivity contribution < 1.29 is 0 Å². The van der Waals surface area contributed by atoms with Gasteiger partial charge in [0.2, 0.25) is 0 Å². The van der Waals surface area contributed by atoms with Crippen LogP contribution in [0.2, 0.25) is 0 Å². The van der Waals surface area contributed by atoms with Gasteiger partial charge >= 0.3 is 5.69 Å². The molecule has 0 saturated carbocycles. The van der Waals surface area contributed by atoms with Crippen molar-refractivity contribution in [2.45, 2.75) is 40.3 Å². The fraction of sp³-hybridized carbons (Fsp3) is 0.522.